The molecule has 0 saturated heterocycles. The normalized spacial score (nSPS) is 17.4. The minimum Gasteiger partial charge on any atom is -0.294 e. The van der Waals surface area contributed by atoms with Gasteiger partial charge in [0.15, 0.2) is 5.78 Å². The fourth-order valence-corrected chi connectivity index (χ4v) is 3.58. The van der Waals surface area contributed by atoms with Crippen molar-refractivity contribution < 1.29 is 4.79 Å². The second-order valence-corrected chi connectivity index (χ2v) is 6.35. The van der Waals surface area contributed by atoms with Crippen LogP contribution in [0.5, 0.6) is 0 Å². The first kappa shape index (κ1) is 13.4. The van der Waals surface area contributed by atoms with Crippen molar-refractivity contribution in [2.45, 2.75) is 25.2 Å². The predicted molar refractivity (Wildman–Crippen MR) is 85.6 cm³/mol. The Bertz CT molecular complexity index is 688. The summed E-state index contributed by atoms with van der Waals surface area (Å²) >= 11 is 1.76. The molecule has 2 aromatic carbocycles. The van der Waals surface area contributed by atoms with Gasteiger partial charge in [-0.2, -0.15) is 0 Å². The van der Waals surface area contributed by atoms with E-state index in [-0.39, 0.29) is 5.92 Å². The Morgan fingerprint density at radius 3 is 2.60 bits per heavy atom. The van der Waals surface area contributed by atoms with Crippen LogP contribution >= 0.6 is 11.8 Å². The molecule has 1 nitrogen and oxygen atoms in total. The van der Waals surface area contributed by atoms with E-state index in [1.807, 2.05) is 19.1 Å². The summed E-state index contributed by atoms with van der Waals surface area (Å²) in [7, 11) is 0. The molecule has 0 spiro atoms. The van der Waals surface area contributed by atoms with Gasteiger partial charge in [0.2, 0.25) is 0 Å². The van der Waals surface area contributed by atoms with Crippen molar-refractivity contribution in [2.75, 3.05) is 6.26 Å². The number of carbonyl (C=O) groups is 1. The monoisotopic (exact) mass is 282 g/mol. The summed E-state index contributed by atoms with van der Waals surface area (Å²) in [6, 6.07) is 12.7. The highest BCUT2D eigenvalue weighted by Gasteiger charge is 2.29. The first-order valence-electron chi connectivity index (χ1n) is 6.93. The third-order valence-electron chi connectivity index (χ3n) is 4.04. The molecule has 0 aromatic heterocycles. The van der Waals surface area contributed by atoms with Gasteiger partial charge < -0.3 is 0 Å². The summed E-state index contributed by atoms with van der Waals surface area (Å²) in [5.74, 6) is 0.411. The zero-order valence-corrected chi connectivity index (χ0v) is 12.9. The van der Waals surface area contributed by atoms with Crippen LogP contribution in [0.15, 0.2) is 41.3 Å². The number of carbonyl (C=O) groups excluding carboxylic acids is 1. The number of thioether (sulfide) groups is 1. The second kappa shape index (κ2) is 5.10. The molecule has 0 aliphatic heterocycles. The second-order valence-electron chi connectivity index (χ2n) is 5.50. The Labute approximate surface area is 124 Å². The minimum absolute atomic E-state index is 0.119. The molecule has 0 saturated carbocycles. The van der Waals surface area contributed by atoms with Crippen LogP contribution in [0.2, 0.25) is 0 Å². The van der Waals surface area contributed by atoms with Crippen LogP contribution in [0.25, 0.3) is 11.1 Å². The van der Waals surface area contributed by atoms with Crippen molar-refractivity contribution in [1.29, 1.82) is 0 Å². The fraction of sp³-hybridized carbons (Fsp3) is 0.278. The molecule has 0 bridgehead atoms. The largest absolute Gasteiger partial charge is 0.294 e. The molecule has 0 amide bonds. The Kier molecular flexibility index (Phi) is 3.43. The molecule has 2 heteroatoms. The summed E-state index contributed by atoms with van der Waals surface area (Å²) < 4.78 is 0. The van der Waals surface area contributed by atoms with Crippen LogP contribution < -0.4 is 0 Å². The lowest BCUT2D eigenvalue weighted by molar-refractivity contribution is 0.0946. The number of ketones is 1. The fourth-order valence-electron chi connectivity index (χ4n) is 2.99. The molecular formula is C18H18OS. The summed E-state index contributed by atoms with van der Waals surface area (Å²) in [6.45, 7) is 4.14. The molecule has 3 rings (SSSR count). The van der Waals surface area contributed by atoms with E-state index >= 15 is 0 Å². The maximum atomic E-state index is 12.2. The van der Waals surface area contributed by atoms with E-state index in [0.29, 0.717) is 5.78 Å². The highest BCUT2D eigenvalue weighted by Crippen LogP contribution is 2.38. The number of hydrogen-bond donors (Lipinski definition) is 0. The SMILES string of the molecule is CSc1ccc(C)cc1-c1cccc2c1CC(C)C2=O. The Balaban J connectivity index is 2.23. The third kappa shape index (κ3) is 2.08. The zero-order chi connectivity index (χ0) is 14.3. The van der Waals surface area contributed by atoms with E-state index in [4.69, 9.17) is 0 Å². The van der Waals surface area contributed by atoms with Crippen molar-refractivity contribution >= 4 is 17.5 Å². The number of Topliss-reactive ketones (excluding diaryl/α,β-unsaturated/α-hetero) is 1. The summed E-state index contributed by atoms with van der Waals surface area (Å²) in [6.07, 6.45) is 2.97. The number of rotatable bonds is 2. The lowest BCUT2D eigenvalue weighted by Gasteiger charge is -2.13. The Morgan fingerprint density at radius 1 is 1.10 bits per heavy atom. The summed E-state index contributed by atoms with van der Waals surface area (Å²) in [4.78, 5) is 13.5. The van der Waals surface area contributed by atoms with Crippen LogP contribution in [0.4, 0.5) is 0 Å². The topological polar surface area (TPSA) is 17.1 Å². The molecular weight excluding hydrogens is 264 g/mol. The Hall–Kier alpha value is -1.54. The van der Waals surface area contributed by atoms with Crippen LogP contribution in [0.3, 0.4) is 0 Å². The van der Waals surface area contributed by atoms with Gasteiger partial charge in [0.05, 0.1) is 0 Å². The molecule has 1 atom stereocenters. The van der Waals surface area contributed by atoms with E-state index in [0.717, 1.165) is 12.0 Å². The average Bonchev–Trinajstić information content (AvgIpc) is 2.74. The van der Waals surface area contributed by atoms with Crippen molar-refractivity contribution in [3.05, 3.63) is 53.1 Å². The molecule has 0 N–H and O–H groups in total. The first-order chi connectivity index (χ1) is 9.61. The van der Waals surface area contributed by atoms with Crippen molar-refractivity contribution in [1.82, 2.24) is 0 Å². The summed E-state index contributed by atoms with van der Waals surface area (Å²) in [5.41, 5.74) is 5.90. The van der Waals surface area contributed by atoms with E-state index < -0.39 is 0 Å². The highest BCUT2D eigenvalue weighted by molar-refractivity contribution is 7.98. The van der Waals surface area contributed by atoms with Crippen molar-refractivity contribution in [3.63, 3.8) is 0 Å². The average molecular weight is 282 g/mol. The maximum Gasteiger partial charge on any atom is 0.166 e. The van der Waals surface area contributed by atoms with E-state index in [9.17, 15) is 4.79 Å². The number of aryl methyl sites for hydroxylation is 1. The third-order valence-corrected chi connectivity index (χ3v) is 4.84. The van der Waals surface area contributed by atoms with Crippen LogP contribution in [-0.2, 0) is 6.42 Å². The number of hydrogen-bond acceptors (Lipinski definition) is 2. The van der Waals surface area contributed by atoms with Gasteiger partial charge in [-0.15, -0.1) is 11.8 Å². The van der Waals surface area contributed by atoms with Gasteiger partial charge in [0.1, 0.15) is 0 Å². The van der Waals surface area contributed by atoms with Gasteiger partial charge in [-0.1, -0.05) is 42.8 Å². The molecule has 0 radical (unpaired) electrons. The standard InChI is InChI=1S/C18H18OS/c1-11-7-8-17(20-3)16(9-11)13-5-4-6-14-15(13)10-12(2)18(14)19/h4-9,12H,10H2,1-3H3. The lowest BCUT2D eigenvalue weighted by atomic mass is 9.95. The summed E-state index contributed by atoms with van der Waals surface area (Å²) in [5, 5.41) is 0. The maximum absolute atomic E-state index is 12.2. The highest BCUT2D eigenvalue weighted by atomic mass is 32.2. The van der Waals surface area contributed by atoms with E-state index in [1.54, 1.807) is 11.8 Å². The van der Waals surface area contributed by atoms with Crippen molar-refractivity contribution in [3.8, 4) is 11.1 Å². The molecule has 102 valence electrons. The molecule has 0 heterocycles. The van der Waals surface area contributed by atoms with Gasteiger partial charge in [0.25, 0.3) is 0 Å². The van der Waals surface area contributed by atoms with Gasteiger partial charge in [-0.05, 0) is 42.4 Å². The predicted octanol–water partition coefficient (Wildman–Crippen LogP) is 4.76. The molecule has 2 aromatic rings. The van der Waals surface area contributed by atoms with Crippen LogP contribution in [-0.4, -0.2) is 12.0 Å². The van der Waals surface area contributed by atoms with Crippen molar-refractivity contribution in [2.24, 2.45) is 5.92 Å². The van der Waals surface area contributed by atoms with Gasteiger partial charge >= 0.3 is 0 Å². The smallest absolute Gasteiger partial charge is 0.166 e. The van der Waals surface area contributed by atoms with E-state index in [1.165, 1.54) is 27.1 Å². The van der Waals surface area contributed by atoms with Crippen LogP contribution in [0.1, 0.15) is 28.4 Å². The van der Waals surface area contributed by atoms with Gasteiger partial charge in [-0.25, -0.2) is 0 Å². The molecule has 0 fully saturated rings. The Morgan fingerprint density at radius 2 is 1.85 bits per heavy atom. The number of fused-ring (bicyclic) bond motifs is 1. The molecule has 1 unspecified atom stereocenters. The quantitative estimate of drug-likeness (QED) is 0.739. The zero-order valence-electron chi connectivity index (χ0n) is 12.1. The lowest BCUT2D eigenvalue weighted by Crippen LogP contribution is -2.02. The molecule has 1 aliphatic carbocycles. The molecule has 1 aliphatic rings. The number of benzene rings is 2. The van der Waals surface area contributed by atoms with Crippen LogP contribution in [0, 0.1) is 12.8 Å². The first-order valence-corrected chi connectivity index (χ1v) is 8.15. The minimum atomic E-state index is 0.119. The molecule has 20 heavy (non-hydrogen) atoms. The van der Waals surface area contributed by atoms with Gasteiger partial charge in [0, 0.05) is 16.4 Å². The van der Waals surface area contributed by atoms with Gasteiger partial charge in [-0.3, -0.25) is 4.79 Å². The van der Waals surface area contributed by atoms with E-state index in [2.05, 4.69) is 37.4 Å².